The number of anilines is 1. The van der Waals surface area contributed by atoms with E-state index in [-0.39, 0.29) is 24.7 Å². The highest BCUT2D eigenvalue weighted by molar-refractivity contribution is 6.31. The van der Waals surface area contributed by atoms with E-state index in [4.69, 9.17) is 21.1 Å². The Morgan fingerprint density at radius 1 is 1.04 bits per heavy atom. The topological polar surface area (TPSA) is 59.1 Å². The van der Waals surface area contributed by atoms with Gasteiger partial charge >= 0.3 is 0 Å². The van der Waals surface area contributed by atoms with E-state index in [0.29, 0.717) is 55.9 Å². The van der Waals surface area contributed by atoms with Crippen molar-refractivity contribution in [1.29, 1.82) is 0 Å². The van der Waals surface area contributed by atoms with Gasteiger partial charge in [-0.05, 0) is 18.2 Å². The first-order valence-electron chi connectivity index (χ1n) is 7.73. The van der Waals surface area contributed by atoms with E-state index in [1.165, 1.54) is 0 Å². The van der Waals surface area contributed by atoms with Crippen molar-refractivity contribution >= 4 is 29.1 Å². The molecule has 6 nitrogen and oxygen atoms in total. The van der Waals surface area contributed by atoms with Crippen LogP contribution in [0.15, 0.2) is 18.2 Å². The summed E-state index contributed by atoms with van der Waals surface area (Å²) >= 11 is 6.01. The van der Waals surface area contributed by atoms with Crippen molar-refractivity contribution in [1.82, 2.24) is 4.90 Å². The number of ether oxygens (including phenoxy) is 2. The van der Waals surface area contributed by atoms with Crippen LogP contribution in [0.3, 0.4) is 0 Å². The highest BCUT2D eigenvalue weighted by Crippen LogP contribution is 2.34. The Hall–Kier alpha value is -1.79. The third kappa shape index (κ3) is 3.76. The van der Waals surface area contributed by atoms with Crippen LogP contribution in [-0.4, -0.2) is 56.2 Å². The highest BCUT2D eigenvalue weighted by atomic mass is 35.5. The summed E-state index contributed by atoms with van der Waals surface area (Å²) in [5, 5.41) is 0.552. The number of hydrogen-bond acceptors (Lipinski definition) is 4. The van der Waals surface area contributed by atoms with Crippen LogP contribution in [0.5, 0.6) is 5.75 Å². The Labute approximate surface area is 139 Å². The minimum absolute atomic E-state index is 0.00114. The Balaban J connectivity index is 1.61. The molecule has 3 rings (SSSR count). The quantitative estimate of drug-likeness (QED) is 0.841. The Morgan fingerprint density at radius 3 is 2.57 bits per heavy atom. The number of nitrogens with zero attached hydrogens (tertiary/aromatic N) is 2. The number of benzene rings is 1. The van der Waals surface area contributed by atoms with Crippen molar-refractivity contribution in [3.05, 3.63) is 23.2 Å². The van der Waals surface area contributed by atoms with E-state index in [0.717, 1.165) is 0 Å². The van der Waals surface area contributed by atoms with Crippen LogP contribution in [0, 0.1) is 0 Å². The molecule has 0 spiro atoms. The van der Waals surface area contributed by atoms with E-state index in [1.807, 2.05) is 0 Å². The maximum absolute atomic E-state index is 12.5. The molecule has 7 heteroatoms. The van der Waals surface area contributed by atoms with E-state index in [9.17, 15) is 9.59 Å². The third-order valence-corrected chi connectivity index (χ3v) is 4.24. The normalized spacial score (nSPS) is 17.4. The Morgan fingerprint density at radius 2 is 1.78 bits per heavy atom. The van der Waals surface area contributed by atoms with Crippen LogP contribution < -0.4 is 9.64 Å². The van der Waals surface area contributed by atoms with Gasteiger partial charge in [-0.25, -0.2) is 0 Å². The lowest BCUT2D eigenvalue weighted by atomic mass is 10.2. The number of rotatable bonds is 3. The van der Waals surface area contributed by atoms with Gasteiger partial charge in [0.05, 0.1) is 25.4 Å². The molecule has 1 aromatic rings. The molecule has 0 N–H and O–H groups in total. The fourth-order valence-corrected chi connectivity index (χ4v) is 2.94. The third-order valence-electron chi connectivity index (χ3n) is 4.00. The molecule has 1 aromatic carbocycles. The summed E-state index contributed by atoms with van der Waals surface area (Å²) in [6.07, 6.45) is 0.397. The van der Waals surface area contributed by atoms with Gasteiger partial charge in [0, 0.05) is 31.0 Å². The van der Waals surface area contributed by atoms with E-state index in [2.05, 4.69) is 0 Å². The van der Waals surface area contributed by atoms with Crippen LogP contribution in [0.25, 0.3) is 0 Å². The zero-order chi connectivity index (χ0) is 16.2. The summed E-state index contributed by atoms with van der Waals surface area (Å²) in [5.74, 6) is 0.563. The molecule has 0 aliphatic carbocycles. The van der Waals surface area contributed by atoms with Crippen molar-refractivity contribution < 1.29 is 19.1 Å². The maximum Gasteiger partial charge on any atom is 0.227 e. The van der Waals surface area contributed by atoms with Gasteiger partial charge in [0.2, 0.25) is 11.8 Å². The molecule has 124 valence electrons. The Kier molecular flexibility index (Phi) is 5.03. The van der Waals surface area contributed by atoms with Crippen LogP contribution in [-0.2, 0) is 14.3 Å². The van der Waals surface area contributed by atoms with Crippen LogP contribution in [0.1, 0.15) is 12.8 Å². The molecule has 2 aliphatic rings. The summed E-state index contributed by atoms with van der Waals surface area (Å²) in [6.45, 7) is 3.24. The number of halogens is 1. The number of hydrogen-bond donors (Lipinski definition) is 0. The summed E-state index contributed by atoms with van der Waals surface area (Å²) in [7, 11) is 0. The lowest BCUT2D eigenvalue weighted by Gasteiger charge is -2.30. The molecular formula is C16H19ClN2O4. The molecule has 2 heterocycles. The van der Waals surface area contributed by atoms with E-state index >= 15 is 0 Å². The van der Waals surface area contributed by atoms with Crippen molar-refractivity contribution in [2.24, 2.45) is 0 Å². The highest BCUT2D eigenvalue weighted by Gasteiger charge is 2.25. The van der Waals surface area contributed by atoms with Gasteiger partial charge in [0.25, 0.3) is 0 Å². The summed E-state index contributed by atoms with van der Waals surface area (Å²) in [4.78, 5) is 28.0. The average Bonchev–Trinajstić information content (AvgIpc) is 2.59. The SMILES string of the molecule is O=C(CCC(=O)N1CCOc2ccc(Cl)cc21)N1CCOCC1. The van der Waals surface area contributed by atoms with Gasteiger partial charge in [-0.3, -0.25) is 9.59 Å². The number of carbonyl (C=O) groups is 2. The number of carbonyl (C=O) groups excluding carboxylic acids is 2. The van der Waals surface area contributed by atoms with Crippen molar-refractivity contribution in [3.8, 4) is 5.75 Å². The van der Waals surface area contributed by atoms with Crippen LogP contribution in [0.4, 0.5) is 5.69 Å². The molecule has 1 saturated heterocycles. The zero-order valence-corrected chi connectivity index (χ0v) is 13.6. The standard InChI is InChI=1S/C16H19ClN2O4/c17-12-1-2-14-13(11-12)19(7-10-23-14)16(21)4-3-15(20)18-5-8-22-9-6-18/h1-2,11H,3-10H2. The zero-order valence-electron chi connectivity index (χ0n) is 12.8. The molecular weight excluding hydrogens is 320 g/mol. The molecule has 0 atom stereocenters. The molecule has 0 saturated carbocycles. The second-order valence-electron chi connectivity index (χ2n) is 5.50. The van der Waals surface area contributed by atoms with Crippen molar-refractivity contribution in [3.63, 3.8) is 0 Å². The minimum atomic E-state index is -0.0848. The molecule has 23 heavy (non-hydrogen) atoms. The minimum Gasteiger partial charge on any atom is -0.490 e. The number of fused-ring (bicyclic) bond motifs is 1. The Bertz CT molecular complexity index is 602. The van der Waals surface area contributed by atoms with Crippen molar-refractivity contribution in [2.45, 2.75) is 12.8 Å². The first kappa shape index (κ1) is 16.1. The van der Waals surface area contributed by atoms with Gasteiger partial charge in [-0.1, -0.05) is 11.6 Å². The van der Waals surface area contributed by atoms with Gasteiger partial charge in [-0.15, -0.1) is 0 Å². The summed E-state index contributed by atoms with van der Waals surface area (Å²) < 4.78 is 10.8. The van der Waals surface area contributed by atoms with Gasteiger partial charge in [-0.2, -0.15) is 0 Å². The van der Waals surface area contributed by atoms with Gasteiger partial charge in [0.15, 0.2) is 0 Å². The second kappa shape index (κ2) is 7.19. The number of amides is 2. The van der Waals surface area contributed by atoms with Crippen LogP contribution >= 0.6 is 11.6 Å². The smallest absolute Gasteiger partial charge is 0.227 e. The lowest BCUT2D eigenvalue weighted by Crippen LogP contribution is -2.42. The maximum atomic E-state index is 12.5. The molecule has 0 radical (unpaired) electrons. The van der Waals surface area contributed by atoms with Crippen LogP contribution in [0.2, 0.25) is 5.02 Å². The molecule has 0 bridgehead atoms. The predicted octanol–water partition coefficient (Wildman–Crippen LogP) is 1.70. The molecule has 0 aromatic heterocycles. The summed E-state index contributed by atoms with van der Waals surface area (Å²) in [6, 6.07) is 5.21. The largest absolute Gasteiger partial charge is 0.490 e. The average molecular weight is 339 g/mol. The fraction of sp³-hybridized carbons (Fsp3) is 0.500. The monoisotopic (exact) mass is 338 g/mol. The summed E-state index contributed by atoms with van der Waals surface area (Å²) in [5.41, 5.74) is 0.674. The first-order valence-corrected chi connectivity index (χ1v) is 8.11. The van der Waals surface area contributed by atoms with Crippen molar-refractivity contribution in [2.75, 3.05) is 44.4 Å². The van der Waals surface area contributed by atoms with Gasteiger partial charge in [0.1, 0.15) is 12.4 Å². The predicted molar refractivity (Wildman–Crippen MR) is 85.9 cm³/mol. The lowest BCUT2D eigenvalue weighted by molar-refractivity contribution is -0.136. The molecule has 2 aliphatic heterocycles. The molecule has 2 amide bonds. The van der Waals surface area contributed by atoms with Gasteiger partial charge < -0.3 is 19.3 Å². The van der Waals surface area contributed by atoms with E-state index < -0.39 is 0 Å². The fourth-order valence-electron chi connectivity index (χ4n) is 2.77. The molecule has 1 fully saturated rings. The van der Waals surface area contributed by atoms with E-state index in [1.54, 1.807) is 28.0 Å². The number of morpholine rings is 1. The molecule has 0 unspecified atom stereocenters. The first-order chi connectivity index (χ1) is 11.1. The second-order valence-corrected chi connectivity index (χ2v) is 5.94.